The molecule has 2 unspecified atom stereocenters. The van der Waals surface area contributed by atoms with E-state index in [9.17, 15) is 4.79 Å². The molecule has 1 heterocycles. The third kappa shape index (κ3) is 2.56. The fourth-order valence-electron chi connectivity index (χ4n) is 3.11. The van der Waals surface area contributed by atoms with Crippen molar-refractivity contribution in [2.75, 3.05) is 21.3 Å². The van der Waals surface area contributed by atoms with Gasteiger partial charge < -0.3 is 18.9 Å². The molecule has 0 N–H and O–H groups in total. The third-order valence-corrected chi connectivity index (χ3v) is 4.39. The number of carbonyl (C=O) groups excluding carboxylic acids is 1. The van der Waals surface area contributed by atoms with Crippen molar-refractivity contribution in [3.8, 4) is 23.0 Å². The molecule has 0 saturated carbocycles. The molecule has 0 fully saturated rings. The van der Waals surface area contributed by atoms with E-state index in [-0.39, 0.29) is 12.0 Å². The number of aldehydes is 1. The Bertz CT molecular complexity index is 769. The van der Waals surface area contributed by atoms with E-state index in [1.165, 1.54) is 0 Å². The third-order valence-electron chi connectivity index (χ3n) is 4.39. The topological polar surface area (TPSA) is 54.0 Å². The highest BCUT2D eigenvalue weighted by atomic mass is 16.5. The first-order valence-electron chi connectivity index (χ1n) is 7.68. The van der Waals surface area contributed by atoms with Crippen molar-refractivity contribution in [2.24, 2.45) is 0 Å². The number of carbonyl (C=O) groups is 1. The molecule has 3 rings (SSSR count). The van der Waals surface area contributed by atoms with Crippen LogP contribution in [0.4, 0.5) is 0 Å². The molecule has 0 saturated heterocycles. The highest BCUT2D eigenvalue weighted by Gasteiger charge is 2.35. The summed E-state index contributed by atoms with van der Waals surface area (Å²) in [5, 5.41) is 0. The smallest absolute Gasteiger partial charge is 0.165 e. The quantitative estimate of drug-likeness (QED) is 0.782. The number of fused-ring (bicyclic) bond motifs is 1. The van der Waals surface area contributed by atoms with E-state index in [0.717, 1.165) is 17.4 Å². The fourth-order valence-corrected chi connectivity index (χ4v) is 3.11. The van der Waals surface area contributed by atoms with Crippen LogP contribution >= 0.6 is 0 Å². The number of hydrogen-bond acceptors (Lipinski definition) is 5. The molecule has 0 aliphatic carbocycles. The number of methoxy groups -OCH3 is 3. The van der Waals surface area contributed by atoms with Gasteiger partial charge in [0, 0.05) is 17.0 Å². The van der Waals surface area contributed by atoms with Crippen LogP contribution in [0.2, 0.25) is 0 Å². The second-order valence-corrected chi connectivity index (χ2v) is 5.70. The van der Waals surface area contributed by atoms with Gasteiger partial charge in [-0.3, -0.25) is 4.79 Å². The van der Waals surface area contributed by atoms with Gasteiger partial charge in [0.25, 0.3) is 0 Å². The van der Waals surface area contributed by atoms with E-state index in [2.05, 4.69) is 6.92 Å². The van der Waals surface area contributed by atoms with Crippen molar-refractivity contribution < 1.29 is 23.7 Å². The van der Waals surface area contributed by atoms with Crippen molar-refractivity contribution in [1.29, 1.82) is 0 Å². The van der Waals surface area contributed by atoms with Crippen LogP contribution in [0.5, 0.6) is 23.0 Å². The molecule has 1 aliphatic heterocycles. The van der Waals surface area contributed by atoms with Gasteiger partial charge >= 0.3 is 0 Å². The number of hydrogen-bond donors (Lipinski definition) is 0. The molecule has 5 nitrogen and oxygen atoms in total. The number of rotatable bonds is 5. The molecular weight excluding hydrogens is 308 g/mol. The van der Waals surface area contributed by atoms with Gasteiger partial charge in [0.1, 0.15) is 12.4 Å². The summed E-state index contributed by atoms with van der Waals surface area (Å²) in [6, 6.07) is 9.29. The number of benzene rings is 2. The predicted octanol–water partition coefficient (Wildman–Crippen LogP) is 3.76. The molecule has 0 bridgehead atoms. The molecule has 126 valence electrons. The normalized spacial score (nSPS) is 18.5. The maximum atomic E-state index is 11.2. The first-order chi connectivity index (χ1) is 11.6. The van der Waals surface area contributed by atoms with Gasteiger partial charge in [-0.05, 0) is 29.8 Å². The largest absolute Gasteiger partial charge is 0.493 e. The zero-order valence-electron chi connectivity index (χ0n) is 14.2. The van der Waals surface area contributed by atoms with Gasteiger partial charge in [-0.25, -0.2) is 0 Å². The molecule has 2 aromatic carbocycles. The Morgan fingerprint density at radius 2 is 1.67 bits per heavy atom. The first-order valence-corrected chi connectivity index (χ1v) is 7.68. The van der Waals surface area contributed by atoms with Crippen molar-refractivity contribution in [3.63, 3.8) is 0 Å². The molecule has 24 heavy (non-hydrogen) atoms. The van der Waals surface area contributed by atoms with E-state index >= 15 is 0 Å². The Balaban J connectivity index is 2.02. The average Bonchev–Trinajstić information content (AvgIpc) is 2.97. The minimum atomic E-state index is -0.185. The van der Waals surface area contributed by atoms with Gasteiger partial charge in [-0.1, -0.05) is 13.0 Å². The summed E-state index contributed by atoms with van der Waals surface area (Å²) >= 11 is 0. The fraction of sp³-hybridized carbons (Fsp3) is 0.316. The molecule has 2 atom stereocenters. The van der Waals surface area contributed by atoms with Crippen LogP contribution in [0.25, 0.3) is 0 Å². The molecular formula is C19H20O5. The van der Waals surface area contributed by atoms with Gasteiger partial charge in [-0.15, -0.1) is 0 Å². The highest BCUT2D eigenvalue weighted by molar-refractivity contribution is 5.78. The lowest BCUT2D eigenvalue weighted by Gasteiger charge is -2.18. The highest BCUT2D eigenvalue weighted by Crippen LogP contribution is 2.51. The Kier molecular flexibility index (Phi) is 4.34. The van der Waals surface area contributed by atoms with Crippen molar-refractivity contribution in [1.82, 2.24) is 0 Å². The summed E-state index contributed by atoms with van der Waals surface area (Å²) in [4.78, 5) is 11.2. The summed E-state index contributed by atoms with van der Waals surface area (Å²) in [5.41, 5.74) is 2.52. The van der Waals surface area contributed by atoms with Gasteiger partial charge in [0.15, 0.2) is 23.0 Å². The summed E-state index contributed by atoms with van der Waals surface area (Å²) in [5.74, 6) is 2.67. The van der Waals surface area contributed by atoms with Gasteiger partial charge in [0.05, 0.1) is 21.3 Å². The monoisotopic (exact) mass is 328 g/mol. The van der Waals surface area contributed by atoms with Gasteiger partial charge in [-0.2, -0.15) is 0 Å². The molecule has 0 aromatic heterocycles. The van der Waals surface area contributed by atoms with Crippen molar-refractivity contribution in [2.45, 2.75) is 18.9 Å². The zero-order valence-corrected chi connectivity index (χ0v) is 14.2. The lowest BCUT2D eigenvalue weighted by atomic mass is 9.91. The van der Waals surface area contributed by atoms with E-state index in [1.54, 1.807) is 27.4 Å². The molecule has 5 heteroatoms. The van der Waals surface area contributed by atoms with Crippen LogP contribution in [0.3, 0.4) is 0 Å². The van der Waals surface area contributed by atoms with Crippen LogP contribution in [0, 0.1) is 0 Å². The predicted molar refractivity (Wildman–Crippen MR) is 89.7 cm³/mol. The maximum Gasteiger partial charge on any atom is 0.165 e. The molecule has 0 radical (unpaired) electrons. The van der Waals surface area contributed by atoms with Crippen LogP contribution in [0.1, 0.15) is 40.4 Å². The SMILES string of the molecule is COc1ccc(C2Oc3c(OC)cc(C=O)cc3C2C)cc1OC. The Hall–Kier alpha value is -2.69. The van der Waals surface area contributed by atoms with E-state index in [1.807, 2.05) is 24.3 Å². The Morgan fingerprint density at radius 1 is 0.958 bits per heavy atom. The van der Waals surface area contributed by atoms with E-state index < -0.39 is 0 Å². The van der Waals surface area contributed by atoms with Crippen LogP contribution in [0.15, 0.2) is 30.3 Å². The van der Waals surface area contributed by atoms with E-state index in [4.69, 9.17) is 18.9 Å². The zero-order chi connectivity index (χ0) is 17.3. The minimum absolute atomic E-state index is 0.0758. The summed E-state index contributed by atoms with van der Waals surface area (Å²) in [7, 11) is 4.78. The molecule has 1 aliphatic rings. The standard InChI is InChI=1S/C19H20O5/c1-11-14-7-12(10-20)8-17(23-4)19(14)24-18(11)13-5-6-15(21-2)16(9-13)22-3/h5-11,18H,1-4H3. The van der Waals surface area contributed by atoms with Crippen LogP contribution in [-0.4, -0.2) is 27.6 Å². The van der Waals surface area contributed by atoms with Crippen molar-refractivity contribution >= 4 is 6.29 Å². The average molecular weight is 328 g/mol. The van der Waals surface area contributed by atoms with Crippen LogP contribution in [-0.2, 0) is 0 Å². The Labute approximate surface area is 141 Å². The first kappa shape index (κ1) is 16.2. The number of ether oxygens (including phenoxy) is 4. The molecule has 0 spiro atoms. The maximum absolute atomic E-state index is 11.2. The second kappa shape index (κ2) is 6.43. The summed E-state index contributed by atoms with van der Waals surface area (Å²) < 4.78 is 22.2. The second-order valence-electron chi connectivity index (χ2n) is 5.70. The van der Waals surface area contributed by atoms with Gasteiger partial charge in [0.2, 0.25) is 0 Å². The van der Waals surface area contributed by atoms with E-state index in [0.29, 0.717) is 28.6 Å². The Morgan fingerprint density at radius 3 is 2.29 bits per heavy atom. The molecule has 2 aromatic rings. The minimum Gasteiger partial charge on any atom is -0.493 e. The van der Waals surface area contributed by atoms with Crippen molar-refractivity contribution in [3.05, 3.63) is 47.0 Å². The summed E-state index contributed by atoms with van der Waals surface area (Å²) in [6.07, 6.45) is 0.634. The molecule has 0 amide bonds. The lowest BCUT2D eigenvalue weighted by Crippen LogP contribution is -2.07. The summed E-state index contributed by atoms with van der Waals surface area (Å²) in [6.45, 7) is 2.07. The van der Waals surface area contributed by atoms with Crippen LogP contribution < -0.4 is 18.9 Å². The lowest BCUT2D eigenvalue weighted by molar-refractivity contribution is 0.112.